The van der Waals surface area contributed by atoms with Crippen molar-refractivity contribution in [2.45, 2.75) is 20.8 Å². The Hall–Kier alpha value is -1.25. The minimum absolute atomic E-state index is 0.0988. The van der Waals surface area contributed by atoms with Gasteiger partial charge in [0.2, 0.25) is 0 Å². The molecule has 3 heteroatoms. The second kappa shape index (κ2) is 5.41. The topological polar surface area (TPSA) is 37.1 Å². The van der Waals surface area contributed by atoms with Crippen LogP contribution >= 0.6 is 0 Å². The molecule has 66 valence electrons. The molecular weight excluding hydrogens is 150 g/mol. The molecule has 0 unspecified atom stereocenters. The van der Waals surface area contributed by atoms with Gasteiger partial charge >= 0.3 is 0 Å². The fourth-order valence-electron chi connectivity index (χ4n) is 0.411. The second-order valence-corrected chi connectivity index (χ2v) is 3.36. The van der Waals surface area contributed by atoms with Gasteiger partial charge in [0.05, 0.1) is 0 Å². The van der Waals surface area contributed by atoms with E-state index in [1.54, 1.807) is 0 Å². The van der Waals surface area contributed by atoms with Crippen LogP contribution in [0.5, 0.6) is 0 Å². The lowest BCUT2D eigenvalue weighted by Gasteiger charge is -2.08. The average Bonchev–Trinajstić information content (AvgIpc) is 1.94. The quantitative estimate of drug-likeness (QED) is 0.454. The van der Waals surface area contributed by atoms with Crippen molar-refractivity contribution < 1.29 is 0 Å². The lowest BCUT2D eigenvalue weighted by atomic mass is 9.99. The third-order valence-corrected chi connectivity index (χ3v) is 0.834. The van der Waals surface area contributed by atoms with Crippen LogP contribution in [0.2, 0.25) is 0 Å². The Balaban J connectivity index is 3.82. The molecule has 0 saturated carbocycles. The lowest BCUT2D eigenvalue weighted by molar-refractivity contribution is 0.608. The summed E-state index contributed by atoms with van der Waals surface area (Å²) in [6.45, 7) is 9.62. The van der Waals surface area contributed by atoms with Gasteiger partial charge in [0.1, 0.15) is 12.7 Å². The smallest absolute Gasteiger partial charge is 0.117 e. The van der Waals surface area contributed by atoms with Gasteiger partial charge in [0.25, 0.3) is 0 Å². The van der Waals surface area contributed by atoms with Crippen LogP contribution in [0.15, 0.2) is 27.8 Å². The molecule has 0 aromatic heterocycles. The molecule has 0 spiro atoms. The number of nitrogens with zero attached hydrogens (tertiary/aromatic N) is 3. The van der Waals surface area contributed by atoms with Gasteiger partial charge in [-0.3, -0.25) is 0 Å². The SMILES string of the molecule is C=C\N=C/N=C\N=C\C(C)(C)C. The van der Waals surface area contributed by atoms with Crippen molar-refractivity contribution >= 4 is 18.9 Å². The third-order valence-electron chi connectivity index (χ3n) is 0.834. The highest BCUT2D eigenvalue weighted by Crippen LogP contribution is 2.07. The van der Waals surface area contributed by atoms with Gasteiger partial charge in [0, 0.05) is 12.4 Å². The summed E-state index contributed by atoms with van der Waals surface area (Å²) in [4.78, 5) is 11.4. The summed E-state index contributed by atoms with van der Waals surface area (Å²) in [5.74, 6) is 0. The Morgan fingerprint density at radius 1 is 1.00 bits per heavy atom. The molecule has 0 radical (unpaired) electrons. The fraction of sp³-hybridized carbons (Fsp3) is 0.444. The van der Waals surface area contributed by atoms with Crippen molar-refractivity contribution in [3.8, 4) is 0 Å². The summed E-state index contributed by atoms with van der Waals surface area (Å²) in [6, 6.07) is 0. The summed E-state index contributed by atoms with van der Waals surface area (Å²) in [6.07, 6.45) is 6.11. The van der Waals surface area contributed by atoms with Crippen molar-refractivity contribution in [2.75, 3.05) is 0 Å². The summed E-state index contributed by atoms with van der Waals surface area (Å²) in [7, 11) is 0. The van der Waals surface area contributed by atoms with Gasteiger partial charge < -0.3 is 0 Å². The highest BCUT2D eigenvalue weighted by molar-refractivity contribution is 5.79. The Morgan fingerprint density at radius 2 is 1.58 bits per heavy atom. The molecule has 0 fully saturated rings. The Morgan fingerprint density at radius 3 is 2.08 bits per heavy atom. The van der Waals surface area contributed by atoms with E-state index in [-0.39, 0.29) is 5.41 Å². The highest BCUT2D eigenvalue weighted by Gasteiger charge is 2.03. The highest BCUT2D eigenvalue weighted by atomic mass is 14.9. The molecule has 0 aromatic rings. The van der Waals surface area contributed by atoms with Crippen molar-refractivity contribution in [3.05, 3.63) is 12.8 Å². The molecule has 0 rings (SSSR count). The van der Waals surface area contributed by atoms with E-state index < -0.39 is 0 Å². The predicted octanol–water partition coefficient (Wildman–Crippen LogP) is 2.30. The van der Waals surface area contributed by atoms with E-state index in [1.807, 2.05) is 6.21 Å². The molecule has 0 saturated heterocycles. The molecule has 0 aliphatic heterocycles. The summed E-state index contributed by atoms with van der Waals surface area (Å²) in [5.41, 5.74) is 0.0988. The van der Waals surface area contributed by atoms with Gasteiger partial charge in [-0.2, -0.15) is 0 Å². The van der Waals surface area contributed by atoms with E-state index >= 15 is 0 Å². The summed E-state index contributed by atoms with van der Waals surface area (Å²) in [5, 5.41) is 0. The Kier molecular flexibility index (Phi) is 4.84. The first-order valence-corrected chi connectivity index (χ1v) is 3.75. The molecule has 12 heavy (non-hydrogen) atoms. The first-order valence-electron chi connectivity index (χ1n) is 3.75. The maximum Gasteiger partial charge on any atom is 0.117 e. The summed E-state index contributed by atoms with van der Waals surface area (Å²) >= 11 is 0. The van der Waals surface area contributed by atoms with Crippen LogP contribution in [0, 0.1) is 5.41 Å². The van der Waals surface area contributed by atoms with Crippen LogP contribution < -0.4 is 0 Å². The van der Waals surface area contributed by atoms with Gasteiger partial charge in [-0.15, -0.1) is 0 Å². The van der Waals surface area contributed by atoms with E-state index in [0.29, 0.717) is 0 Å². The Labute approximate surface area is 73.7 Å². The second-order valence-electron chi connectivity index (χ2n) is 3.36. The number of aliphatic imine (C=N–C) groups is 3. The first kappa shape index (κ1) is 10.8. The van der Waals surface area contributed by atoms with Crippen LogP contribution in [0.1, 0.15) is 20.8 Å². The van der Waals surface area contributed by atoms with Crippen molar-refractivity contribution in [1.82, 2.24) is 0 Å². The fourth-order valence-corrected chi connectivity index (χ4v) is 0.411. The van der Waals surface area contributed by atoms with Gasteiger partial charge in [-0.05, 0) is 5.41 Å². The van der Waals surface area contributed by atoms with E-state index in [9.17, 15) is 0 Å². The third kappa shape index (κ3) is 8.75. The maximum atomic E-state index is 3.97. The van der Waals surface area contributed by atoms with E-state index in [0.717, 1.165) is 0 Å². The average molecular weight is 165 g/mol. The predicted molar refractivity (Wildman–Crippen MR) is 55.1 cm³/mol. The molecule has 0 aromatic carbocycles. The van der Waals surface area contributed by atoms with E-state index in [2.05, 4.69) is 42.3 Å². The molecule has 0 aliphatic carbocycles. The Bertz CT molecular complexity index is 206. The van der Waals surface area contributed by atoms with Crippen LogP contribution in [0.3, 0.4) is 0 Å². The minimum Gasteiger partial charge on any atom is -0.249 e. The molecule has 0 aliphatic rings. The van der Waals surface area contributed by atoms with Crippen molar-refractivity contribution in [3.63, 3.8) is 0 Å². The van der Waals surface area contributed by atoms with Gasteiger partial charge in [0.15, 0.2) is 0 Å². The monoisotopic (exact) mass is 165 g/mol. The minimum atomic E-state index is 0.0988. The zero-order valence-electron chi connectivity index (χ0n) is 7.86. The van der Waals surface area contributed by atoms with E-state index in [1.165, 1.54) is 18.9 Å². The van der Waals surface area contributed by atoms with Crippen LogP contribution in [0.25, 0.3) is 0 Å². The molecule has 0 N–H and O–H groups in total. The number of hydrogen-bond donors (Lipinski definition) is 0. The molecule has 3 nitrogen and oxygen atoms in total. The van der Waals surface area contributed by atoms with Gasteiger partial charge in [-0.25, -0.2) is 15.0 Å². The molecule has 0 heterocycles. The van der Waals surface area contributed by atoms with Crippen molar-refractivity contribution in [1.29, 1.82) is 0 Å². The molecular formula is C9H15N3. The molecule has 0 atom stereocenters. The number of hydrogen-bond acceptors (Lipinski definition) is 1. The van der Waals surface area contributed by atoms with Gasteiger partial charge in [-0.1, -0.05) is 27.4 Å². The standard InChI is InChI=1S/C9H15N3/c1-5-10-7-12-8-11-6-9(2,3)4/h5-8H,1H2,2-4H3/b10-7-,11-6+,12-8-. The summed E-state index contributed by atoms with van der Waals surface area (Å²) < 4.78 is 0. The van der Waals surface area contributed by atoms with Crippen molar-refractivity contribution in [2.24, 2.45) is 20.4 Å². The first-order chi connectivity index (χ1) is 5.56. The maximum absolute atomic E-state index is 3.97. The number of rotatable bonds is 3. The molecule has 0 bridgehead atoms. The lowest BCUT2D eigenvalue weighted by Crippen LogP contribution is -2.05. The van der Waals surface area contributed by atoms with Crippen LogP contribution in [0.4, 0.5) is 0 Å². The van der Waals surface area contributed by atoms with E-state index in [4.69, 9.17) is 0 Å². The zero-order chi connectivity index (χ0) is 9.45. The molecule has 0 amide bonds. The van der Waals surface area contributed by atoms with Crippen LogP contribution in [-0.4, -0.2) is 18.9 Å². The normalized spacial score (nSPS) is 13.6. The zero-order valence-corrected chi connectivity index (χ0v) is 7.86. The largest absolute Gasteiger partial charge is 0.249 e. The van der Waals surface area contributed by atoms with Crippen LogP contribution in [-0.2, 0) is 0 Å².